The highest BCUT2D eigenvalue weighted by Crippen LogP contribution is 2.26. The molecule has 134 valence electrons. The van der Waals surface area contributed by atoms with Crippen LogP contribution in [0.5, 0.6) is 5.75 Å². The number of carbonyl (C=O) groups excluding carboxylic acids is 1. The fraction of sp³-hybridized carbons (Fsp3) is 0.412. The van der Waals surface area contributed by atoms with Crippen LogP contribution in [0, 0.1) is 0 Å². The second-order valence-electron chi connectivity index (χ2n) is 5.57. The molecule has 1 aromatic carbocycles. The van der Waals surface area contributed by atoms with E-state index in [4.69, 9.17) is 9.84 Å². The number of aromatic nitrogens is 2. The van der Waals surface area contributed by atoms with Crippen molar-refractivity contribution in [1.29, 1.82) is 0 Å². The molecule has 0 aliphatic rings. The van der Waals surface area contributed by atoms with Crippen molar-refractivity contribution in [2.45, 2.75) is 38.5 Å². The molecule has 0 radical (unpaired) electrons. The van der Waals surface area contributed by atoms with Crippen molar-refractivity contribution in [3.63, 3.8) is 0 Å². The average molecular weight is 363 g/mol. The fourth-order valence-electron chi connectivity index (χ4n) is 2.41. The number of carboxylic acid groups (broad SMARTS) is 1. The minimum atomic E-state index is -0.949. The number of benzene rings is 1. The summed E-state index contributed by atoms with van der Waals surface area (Å²) in [5.74, 6) is -0.970. The molecule has 1 atom stereocenters. The lowest BCUT2D eigenvalue weighted by molar-refractivity contribution is -0.137. The zero-order valence-corrected chi connectivity index (χ0v) is 15.0. The molecule has 1 amide bonds. The maximum Gasteiger partial charge on any atom is 0.303 e. The van der Waals surface area contributed by atoms with E-state index in [1.54, 1.807) is 31.4 Å². The van der Waals surface area contributed by atoms with Gasteiger partial charge < -0.3 is 15.2 Å². The quantitative estimate of drug-likeness (QED) is 0.710. The van der Waals surface area contributed by atoms with Gasteiger partial charge in [0.25, 0.3) is 0 Å². The van der Waals surface area contributed by atoms with Crippen LogP contribution in [0.2, 0.25) is 0 Å². The second-order valence-corrected chi connectivity index (χ2v) is 6.63. The number of amides is 1. The van der Waals surface area contributed by atoms with Gasteiger partial charge >= 0.3 is 5.97 Å². The topological polar surface area (TPSA) is 101 Å². The number of aliphatic carboxylic acids is 1. The van der Waals surface area contributed by atoms with E-state index >= 15 is 0 Å². The first-order valence-electron chi connectivity index (χ1n) is 7.99. The van der Waals surface area contributed by atoms with Gasteiger partial charge in [-0.15, -0.1) is 10.2 Å². The predicted octanol–water partition coefficient (Wildman–Crippen LogP) is 3.09. The number of carboxylic acids is 1. The summed E-state index contributed by atoms with van der Waals surface area (Å²) in [6.07, 6.45) is 1.71. The summed E-state index contributed by atoms with van der Waals surface area (Å²) in [6.45, 7) is 2.05. The molecule has 2 aromatic rings. The Morgan fingerprint density at radius 2 is 1.96 bits per heavy atom. The Hall–Kier alpha value is -2.48. The van der Waals surface area contributed by atoms with Gasteiger partial charge in [0.15, 0.2) is 0 Å². The van der Waals surface area contributed by atoms with E-state index in [0.717, 1.165) is 23.4 Å². The Morgan fingerprint density at radius 3 is 2.56 bits per heavy atom. The van der Waals surface area contributed by atoms with Crippen molar-refractivity contribution in [1.82, 2.24) is 10.2 Å². The third-order valence-electron chi connectivity index (χ3n) is 3.62. The molecule has 1 aromatic heterocycles. The van der Waals surface area contributed by atoms with Crippen molar-refractivity contribution in [3.05, 3.63) is 34.8 Å². The molecule has 0 fully saturated rings. The molecule has 0 spiro atoms. The summed E-state index contributed by atoms with van der Waals surface area (Å²) in [6, 6.07) is 7.07. The van der Waals surface area contributed by atoms with Crippen molar-refractivity contribution >= 4 is 28.3 Å². The van der Waals surface area contributed by atoms with Crippen LogP contribution in [-0.2, 0) is 16.0 Å². The van der Waals surface area contributed by atoms with Gasteiger partial charge in [-0.2, -0.15) is 0 Å². The molecule has 0 saturated heterocycles. The first kappa shape index (κ1) is 18.9. The summed E-state index contributed by atoms with van der Waals surface area (Å²) in [7, 11) is 1.56. The minimum absolute atomic E-state index is 0.0569. The van der Waals surface area contributed by atoms with E-state index in [9.17, 15) is 9.59 Å². The minimum Gasteiger partial charge on any atom is -0.497 e. The number of nitrogens with one attached hydrogen (secondary N) is 1. The molecule has 2 N–H and O–H groups in total. The van der Waals surface area contributed by atoms with E-state index < -0.39 is 11.9 Å². The van der Waals surface area contributed by atoms with Gasteiger partial charge in [-0.3, -0.25) is 9.59 Å². The fourth-order valence-corrected chi connectivity index (χ4v) is 3.27. The molecule has 0 aliphatic heterocycles. The third-order valence-corrected chi connectivity index (χ3v) is 4.52. The summed E-state index contributed by atoms with van der Waals surface area (Å²) in [5.41, 5.74) is 0.780. The van der Waals surface area contributed by atoms with Gasteiger partial charge in [0.2, 0.25) is 11.0 Å². The maximum atomic E-state index is 12.3. The average Bonchev–Trinajstić information content (AvgIpc) is 3.01. The smallest absolute Gasteiger partial charge is 0.303 e. The Kier molecular flexibility index (Phi) is 6.88. The summed E-state index contributed by atoms with van der Waals surface area (Å²) in [5, 5.41) is 21.1. The number of anilines is 1. The van der Waals surface area contributed by atoms with Gasteiger partial charge in [0, 0.05) is 18.8 Å². The van der Waals surface area contributed by atoms with Gasteiger partial charge in [-0.1, -0.05) is 30.4 Å². The van der Waals surface area contributed by atoms with E-state index in [1.807, 2.05) is 6.92 Å². The van der Waals surface area contributed by atoms with Gasteiger partial charge in [0.1, 0.15) is 10.8 Å². The van der Waals surface area contributed by atoms with Crippen LogP contribution in [0.15, 0.2) is 24.3 Å². The highest BCUT2D eigenvalue weighted by molar-refractivity contribution is 7.15. The molecular weight excluding hydrogens is 342 g/mol. The first-order chi connectivity index (χ1) is 12.0. The molecule has 0 aliphatic carbocycles. The lowest BCUT2D eigenvalue weighted by Gasteiger charge is -2.15. The number of hydrogen-bond donors (Lipinski definition) is 2. The monoisotopic (exact) mass is 363 g/mol. The van der Waals surface area contributed by atoms with Crippen LogP contribution >= 0.6 is 11.3 Å². The van der Waals surface area contributed by atoms with Crippen LogP contribution in [0.1, 0.15) is 42.7 Å². The van der Waals surface area contributed by atoms with Gasteiger partial charge in [-0.05, 0) is 24.1 Å². The number of aryl methyl sites for hydroxylation is 1. The summed E-state index contributed by atoms with van der Waals surface area (Å²) in [4.78, 5) is 23.4. The van der Waals surface area contributed by atoms with Crippen LogP contribution in [0.4, 0.5) is 5.13 Å². The maximum absolute atomic E-state index is 12.3. The van der Waals surface area contributed by atoms with Crippen molar-refractivity contribution in [3.8, 4) is 5.75 Å². The largest absolute Gasteiger partial charge is 0.497 e. The highest BCUT2D eigenvalue weighted by Gasteiger charge is 2.20. The molecule has 8 heteroatoms. The molecule has 1 unspecified atom stereocenters. The number of rotatable bonds is 9. The zero-order chi connectivity index (χ0) is 18.2. The van der Waals surface area contributed by atoms with Crippen molar-refractivity contribution < 1.29 is 19.4 Å². The standard InChI is InChI=1S/C17H21N3O4S/c1-3-4-15-19-20-17(25-15)18-14(21)9-12(10-16(22)23)11-5-7-13(24-2)8-6-11/h5-8,12H,3-4,9-10H2,1-2H3,(H,22,23)(H,18,20,21). The van der Waals surface area contributed by atoms with E-state index in [2.05, 4.69) is 15.5 Å². The zero-order valence-electron chi connectivity index (χ0n) is 14.2. The molecule has 25 heavy (non-hydrogen) atoms. The Balaban J connectivity index is 2.04. The second kappa shape index (κ2) is 9.12. The van der Waals surface area contributed by atoms with E-state index in [-0.39, 0.29) is 18.7 Å². The number of methoxy groups -OCH3 is 1. The molecular formula is C17H21N3O4S. The first-order valence-corrected chi connectivity index (χ1v) is 8.81. The molecule has 0 bridgehead atoms. The Labute approximate surface area is 150 Å². The number of hydrogen-bond acceptors (Lipinski definition) is 6. The van der Waals surface area contributed by atoms with Gasteiger partial charge in [-0.25, -0.2) is 0 Å². The SMILES string of the molecule is CCCc1nnc(NC(=O)CC(CC(=O)O)c2ccc(OC)cc2)s1. The predicted molar refractivity (Wildman–Crippen MR) is 95.1 cm³/mol. The molecule has 2 rings (SSSR count). The third kappa shape index (κ3) is 5.82. The lowest BCUT2D eigenvalue weighted by atomic mass is 9.92. The molecule has 7 nitrogen and oxygen atoms in total. The highest BCUT2D eigenvalue weighted by atomic mass is 32.1. The van der Waals surface area contributed by atoms with Crippen LogP contribution < -0.4 is 10.1 Å². The van der Waals surface area contributed by atoms with Crippen molar-refractivity contribution in [2.24, 2.45) is 0 Å². The van der Waals surface area contributed by atoms with E-state index in [0.29, 0.717) is 10.9 Å². The Bertz CT molecular complexity index is 715. The van der Waals surface area contributed by atoms with Crippen molar-refractivity contribution in [2.75, 3.05) is 12.4 Å². The summed E-state index contributed by atoms with van der Waals surface area (Å²) < 4.78 is 5.10. The van der Waals surface area contributed by atoms with Crippen LogP contribution in [0.3, 0.4) is 0 Å². The van der Waals surface area contributed by atoms with Crippen LogP contribution in [0.25, 0.3) is 0 Å². The number of nitrogens with zero attached hydrogens (tertiary/aromatic N) is 2. The summed E-state index contributed by atoms with van der Waals surface area (Å²) >= 11 is 1.34. The Morgan fingerprint density at radius 1 is 1.24 bits per heavy atom. The van der Waals surface area contributed by atoms with E-state index in [1.165, 1.54) is 11.3 Å². The molecule has 1 heterocycles. The normalized spacial score (nSPS) is 11.8. The number of ether oxygens (including phenoxy) is 1. The van der Waals surface area contributed by atoms with Crippen LogP contribution in [-0.4, -0.2) is 34.3 Å². The lowest BCUT2D eigenvalue weighted by Crippen LogP contribution is -2.17. The number of carbonyl (C=O) groups is 2. The van der Waals surface area contributed by atoms with Gasteiger partial charge in [0.05, 0.1) is 13.5 Å². The molecule has 0 saturated carbocycles.